The Labute approximate surface area is 249 Å². The zero-order chi connectivity index (χ0) is 28.5. The van der Waals surface area contributed by atoms with Gasteiger partial charge in [0.2, 0.25) is 5.88 Å². The summed E-state index contributed by atoms with van der Waals surface area (Å²) in [5.41, 5.74) is 6.80. The van der Waals surface area contributed by atoms with Gasteiger partial charge in [0.25, 0.3) is 0 Å². The highest BCUT2D eigenvalue weighted by Gasteiger charge is 2.47. The molecule has 1 aliphatic heterocycles. The number of para-hydroxylation sites is 1. The first-order chi connectivity index (χ1) is 21.2. The molecule has 0 spiro atoms. The Bertz CT molecular complexity index is 2280. The predicted molar refractivity (Wildman–Crippen MR) is 175 cm³/mol. The Morgan fingerprint density at radius 2 is 1.35 bits per heavy atom. The summed E-state index contributed by atoms with van der Waals surface area (Å²) in [5.74, 6) is 1.36. The zero-order valence-corrected chi connectivity index (χ0v) is 23.6. The van der Waals surface area contributed by atoms with E-state index in [1.165, 1.54) is 27.1 Å². The fraction of sp³-hybridized carbons (Fsp3) is 0.0769. The lowest BCUT2D eigenvalue weighted by molar-refractivity contribution is 0.222. The summed E-state index contributed by atoms with van der Waals surface area (Å²) in [6.07, 6.45) is 6.44. The van der Waals surface area contributed by atoms with Gasteiger partial charge in [0.05, 0.1) is 16.4 Å². The van der Waals surface area contributed by atoms with Crippen molar-refractivity contribution in [2.45, 2.75) is 18.4 Å². The Balaban J connectivity index is 1.31. The Hall–Kier alpha value is -5.48. The van der Waals surface area contributed by atoms with E-state index in [1.54, 1.807) is 0 Å². The predicted octanol–water partition coefficient (Wildman–Crippen LogP) is 9.07. The Morgan fingerprint density at radius 1 is 0.674 bits per heavy atom. The molecule has 0 radical (unpaired) electrons. The highest BCUT2D eigenvalue weighted by molar-refractivity contribution is 6.13. The van der Waals surface area contributed by atoms with Crippen molar-refractivity contribution in [1.29, 1.82) is 0 Å². The molecule has 0 saturated carbocycles. The van der Waals surface area contributed by atoms with Gasteiger partial charge >= 0.3 is 0 Å². The summed E-state index contributed by atoms with van der Waals surface area (Å²) < 4.78 is 8.94. The molecule has 4 nitrogen and oxygen atoms in total. The van der Waals surface area contributed by atoms with Crippen LogP contribution in [0.3, 0.4) is 0 Å². The molecule has 3 heterocycles. The Morgan fingerprint density at radius 3 is 2.14 bits per heavy atom. The lowest BCUT2D eigenvalue weighted by Gasteiger charge is -2.28. The van der Waals surface area contributed by atoms with Crippen LogP contribution >= 0.6 is 0 Å². The monoisotopic (exact) mass is 553 g/mol. The smallest absolute Gasteiger partial charge is 0.239 e. The van der Waals surface area contributed by atoms with E-state index < -0.39 is 5.41 Å². The van der Waals surface area contributed by atoms with Gasteiger partial charge in [0.15, 0.2) is 5.82 Å². The second-order valence-corrected chi connectivity index (χ2v) is 11.6. The summed E-state index contributed by atoms with van der Waals surface area (Å²) in [6.45, 7) is 2.20. The summed E-state index contributed by atoms with van der Waals surface area (Å²) in [5, 5.41) is 4.78. The largest absolute Gasteiger partial charge is 0.467 e. The molecule has 0 fully saturated rings. The first-order valence-corrected chi connectivity index (χ1v) is 14.7. The van der Waals surface area contributed by atoms with Crippen LogP contribution in [0, 0.1) is 0 Å². The molecule has 2 aromatic heterocycles. The molecular weight excluding hydrogens is 526 g/mol. The van der Waals surface area contributed by atoms with Crippen LogP contribution in [0.1, 0.15) is 18.2 Å². The third-order valence-electron chi connectivity index (χ3n) is 9.03. The van der Waals surface area contributed by atoms with Crippen molar-refractivity contribution in [3.05, 3.63) is 151 Å². The fourth-order valence-electron chi connectivity index (χ4n) is 6.74. The van der Waals surface area contributed by atoms with Crippen molar-refractivity contribution in [3.8, 4) is 23.0 Å². The number of aromatic nitrogens is 3. The van der Waals surface area contributed by atoms with Gasteiger partial charge in [-0.05, 0) is 53.1 Å². The summed E-state index contributed by atoms with van der Waals surface area (Å²) >= 11 is 0. The Kier molecular flexibility index (Phi) is 5.06. The van der Waals surface area contributed by atoms with Gasteiger partial charge in [-0.2, -0.15) is 4.98 Å². The molecule has 0 bridgehead atoms. The van der Waals surface area contributed by atoms with Crippen LogP contribution in [0.25, 0.3) is 55.2 Å². The van der Waals surface area contributed by atoms with Crippen LogP contribution in [0.5, 0.6) is 5.88 Å². The van der Waals surface area contributed by atoms with Gasteiger partial charge in [-0.15, -0.1) is 0 Å². The van der Waals surface area contributed by atoms with E-state index >= 15 is 0 Å². The summed E-state index contributed by atoms with van der Waals surface area (Å²) in [7, 11) is 0. The molecule has 2 aliphatic rings. The first-order valence-electron chi connectivity index (χ1n) is 14.7. The van der Waals surface area contributed by atoms with Crippen LogP contribution in [-0.2, 0) is 5.41 Å². The van der Waals surface area contributed by atoms with Gasteiger partial charge in [0, 0.05) is 16.3 Å². The normalized spacial score (nSPS) is 18.9. The van der Waals surface area contributed by atoms with E-state index in [1.807, 2.05) is 12.1 Å². The average Bonchev–Trinajstić information content (AvgIpc) is 3.54. The van der Waals surface area contributed by atoms with Crippen molar-refractivity contribution in [1.82, 2.24) is 14.5 Å². The first kappa shape index (κ1) is 24.2. The van der Waals surface area contributed by atoms with Crippen molar-refractivity contribution in [2.24, 2.45) is 0 Å². The second kappa shape index (κ2) is 9.01. The fourth-order valence-corrected chi connectivity index (χ4v) is 6.74. The number of hydrogen-bond donors (Lipinski definition) is 0. The molecule has 4 heteroatoms. The van der Waals surface area contributed by atoms with Crippen LogP contribution in [0.15, 0.2) is 140 Å². The van der Waals surface area contributed by atoms with E-state index in [0.717, 1.165) is 39.4 Å². The maximum atomic E-state index is 6.67. The number of rotatable bonds is 3. The lowest BCUT2D eigenvalue weighted by Crippen LogP contribution is -2.34. The van der Waals surface area contributed by atoms with Crippen molar-refractivity contribution in [3.63, 3.8) is 0 Å². The molecular formula is C39H27N3O. The molecule has 0 amide bonds. The van der Waals surface area contributed by atoms with E-state index in [9.17, 15) is 0 Å². The van der Waals surface area contributed by atoms with Crippen molar-refractivity contribution < 1.29 is 4.74 Å². The minimum absolute atomic E-state index is 0.205. The maximum absolute atomic E-state index is 6.67. The van der Waals surface area contributed by atoms with Gasteiger partial charge in [0.1, 0.15) is 17.5 Å². The molecule has 5 aromatic carbocycles. The van der Waals surface area contributed by atoms with Gasteiger partial charge in [-0.1, -0.05) is 115 Å². The van der Waals surface area contributed by atoms with Crippen LogP contribution in [-0.4, -0.2) is 20.6 Å². The zero-order valence-electron chi connectivity index (χ0n) is 23.6. The molecule has 1 aliphatic carbocycles. The van der Waals surface area contributed by atoms with E-state index in [4.69, 9.17) is 14.7 Å². The van der Waals surface area contributed by atoms with Crippen LogP contribution in [0.4, 0.5) is 0 Å². The molecule has 2 unspecified atom stereocenters. The van der Waals surface area contributed by atoms with Crippen molar-refractivity contribution >= 4 is 38.2 Å². The third-order valence-corrected chi connectivity index (χ3v) is 9.03. The summed E-state index contributed by atoms with van der Waals surface area (Å²) in [6, 6.07) is 42.5. The van der Waals surface area contributed by atoms with E-state index in [0.29, 0.717) is 5.88 Å². The lowest BCUT2D eigenvalue weighted by atomic mass is 9.77. The number of allylic oxidation sites excluding steroid dienone is 2. The molecule has 0 saturated heterocycles. The maximum Gasteiger partial charge on any atom is 0.239 e. The minimum Gasteiger partial charge on any atom is -0.467 e. The van der Waals surface area contributed by atoms with Crippen LogP contribution < -0.4 is 4.74 Å². The summed E-state index contributed by atoms with van der Waals surface area (Å²) in [4.78, 5) is 10.8. The topological polar surface area (TPSA) is 39.9 Å². The SMILES string of the molecule is CC12C=CC(c3ccccc3)=CC1Oc1nc(-n3c4ccccc4c4cc5ccccc5cc43)c(-c3ccccc3)nc12. The molecule has 204 valence electrons. The second-order valence-electron chi connectivity index (χ2n) is 11.6. The highest BCUT2D eigenvalue weighted by atomic mass is 16.5. The van der Waals surface area contributed by atoms with E-state index in [-0.39, 0.29) is 6.10 Å². The number of hydrogen-bond acceptors (Lipinski definition) is 3. The van der Waals surface area contributed by atoms with Gasteiger partial charge < -0.3 is 4.74 Å². The molecule has 0 N–H and O–H groups in total. The molecule has 7 aromatic rings. The minimum atomic E-state index is -0.431. The van der Waals surface area contributed by atoms with E-state index in [2.05, 4.69) is 139 Å². The number of nitrogens with zero attached hydrogens (tertiary/aromatic N) is 3. The van der Waals surface area contributed by atoms with Crippen LogP contribution in [0.2, 0.25) is 0 Å². The highest BCUT2D eigenvalue weighted by Crippen LogP contribution is 2.48. The van der Waals surface area contributed by atoms with Crippen molar-refractivity contribution in [2.75, 3.05) is 0 Å². The molecule has 43 heavy (non-hydrogen) atoms. The number of fused-ring (bicyclic) bond motifs is 7. The average molecular weight is 554 g/mol. The van der Waals surface area contributed by atoms with Gasteiger partial charge in [-0.25, -0.2) is 4.98 Å². The number of benzene rings is 5. The standard InChI is InChI=1S/C39H27N3O/c1-39-21-20-29(25-12-4-2-5-13-25)24-34(39)43-38-36(39)40-35(26-14-6-3-7-15-26)37(41-38)42-32-19-11-10-18-30(32)31-22-27-16-8-9-17-28(27)23-33(31)42/h2-24,34H,1H3. The molecule has 9 rings (SSSR count). The quantitative estimate of drug-likeness (QED) is 0.219. The van der Waals surface area contributed by atoms with Gasteiger partial charge in [-0.3, -0.25) is 4.57 Å². The third kappa shape index (κ3) is 3.56. The molecule has 2 atom stereocenters. The number of ether oxygens (including phenoxy) is 1.